The maximum absolute atomic E-state index is 12.8. The van der Waals surface area contributed by atoms with Gasteiger partial charge in [0.05, 0.1) is 11.4 Å². The van der Waals surface area contributed by atoms with Crippen LogP contribution in [-0.4, -0.2) is 6.54 Å². The van der Waals surface area contributed by atoms with Gasteiger partial charge < -0.3 is 22.5 Å². The number of allylic oxidation sites excluding steroid dienone is 2. The van der Waals surface area contributed by atoms with Gasteiger partial charge in [0, 0.05) is 17.9 Å². The van der Waals surface area contributed by atoms with Gasteiger partial charge in [0.15, 0.2) is 0 Å². The van der Waals surface area contributed by atoms with Crippen LogP contribution in [0.3, 0.4) is 0 Å². The predicted octanol–water partition coefficient (Wildman–Crippen LogP) is 2.20. The quantitative estimate of drug-likeness (QED) is 0.639. The number of rotatable bonds is 4. The molecule has 0 amide bonds. The lowest BCUT2D eigenvalue weighted by atomic mass is 10.1. The molecule has 7 N–H and O–H groups in total. The van der Waals surface area contributed by atoms with Gasteiger partial charge in [0.2, 0.25) is 0 Å². The summed E-state index contributed by atoms with van der Waals surface area (Å²) < 4.78 is 38.5. The van der Waals surface area contributed by atoms with Gasteiger partial charge in [-0.3, -0.25) is 0 Å². The molecule has 0 aliphatic rings. The Labute approximate surface area is 115 Å². The molecule has 0 saturated heterocycles. The molecule has 1 aromatic rings. The van der Waals surface area contributed by atoms with Crippen molar-refractivity contribution in [1.82, 2.24) is 0 Å². The van der Waals surface area contributed by atoms with Crippen LogP contribution in [0.15, 0.2) is 36.2 Å². The van der Waals surface area contributed by atoms with E-state index < -0.39 is 11.7 Å². The van der Waals surface area contributed by atoms with Gasteiger partial charge in [-0.15, -0.1) is 0 Å². The zero-order chi connectivity index (χ0) is 15.3. The summed E-state index contributed by atoms with van der Waals surface area (Å²) in [4.78, 5) is 0. The first-order valence-corrected chi connectivity index (χ1v) is 5.89. The molecular weight excluding hydrogens is 269 g/mol. The molecule has 0 aliphatic heterocycles. The number of nitrogens with two attached hydrogens (primary N) is 3. The first-order valence-electron chi connectivity index (χ1n) is 5.89. The Morgan fingerprint density at radius 2 is 1.85 bits per heavy atom. The van der Waals surface area contributed by atoms with Crippen molar-refractivity contribution < 1.29 is 13.2 Å². The fourth-order valence-electron chi connectivity index (χ4n) is 1.59. The fourth-order valence-corrected chi connectivity index (χ4v) is 1.59. The Morgan fingerprint density at radius 3 is 2.35 bits per heavy atom. The Bertz CT molecular complexity index is 529. The van der Waals surface area contributed by atoms with E-state index in [1.165, 1.54) is 24.3 Å². The molecule has 20 heavy (non-hydrogen) atoms. The van der Waals surface area contributed by atoms with Crippen LogP contribution >= 0.6 is 0 Å². The van der Waals surface area contributed by atoms with E-state index in [9.17, 15) is 13.2 Å². The average Bonchev–Trinajstić information content (AvgIpc) is 2.34. The summed E-state index contributed by atoms with van der Waals surface area (Å²) in [5, 5.41) is 2.68. The molecule has 110 valence electrons. The summed E-state index contributed by atoms with van der Waals surface area (Å²) in [5.74, 6) is 0.0618. The Hall–Kier alpha value is -2.31. The third kappa shape index (κ3) is 4.11. The summed E-state index contributed by atoms with van der Waals surface area (Å²) >= 11 is 0. The van der Waals surface area contributed by atoms with Crippen molar-refractivity contribution in [2.24, 2.45) is 17.2 Å². The predicted molar refractivity (Wildman–Crippen MR) is 74.2 cm³/mol. The minimum absolute atomic E-state index is 0.0152. The summed E-state index contributed by atoms with van der Waals surface area (Å²) in [6.07, 6.45) is -1.61. The van der Waals surface area contributed by atoms with E-state index in [0.717, 1.165) is 6.07 Å². The van der Waals surface area contributed by atoms with Crippen LogP contribution in [0.5, 0.6) is 0 Å². The second-order valence-electron chi connectivity index (χ2n) is 4.08. The van der Waals surface area contributed by atoms with E-state index in [0.29, 0.717) is 12.1 Å². The molecule has 0 aliphatic carbocycles. The smallest absolute Gasteiger partial charge is 0.398 e. The van der Waals surface area contributed by atoms with Crippen LogP contribution < -0.4 is 22.5 Å². The Kier molecular flexibility index (Phi) is 4.90. The van der Waals surface area contributed by atoms with Crippen molar-refractivity contribution in [3.8, 4) is 0 Å². The molecule has 1 aromatic carbocycles. The highest BCUT2D eigenvalue weighted by molar-refractivity contribution is 5.69. The second kappa shape index (κ2) is 6.23. The number of hydrogen-bond acceptors (Lipinski definition) is 4. The molecule has 0 heterocycles. The van der Waals surface area contributed by atoms with E-state index in [4.69, 9.17) is 17.2 Å². The maximum atomic E-state index is 12.8. The normalized spacial score (nSPS) is 12.1. The summed E-state index contributed by atoms with van der Waals surface area (Å²) in [6, 6.07) is 3.64. The van der Waals surface area contributed by atoms with Crippen molar-refractivity contribution in [3.63, 3.8) is 0 Å². The van der Waals surface area contributed by atoms with Crippen LogP contribution in [0.25, 0.3) is 5.70 Å². The third-order valence-corrected chi connectivity index (χ3v) is 2.48. The van der Waals surface area contributed by atoms with Crippen molar-refractivity contribution in [1.29, 1.82) is 0 Å². The minimum atomic E-state index is -4.42. The number of hydrogen-bond donors (Lipinski definition) is 4. The number of alkyl halides is 3. The fraction of sp³-hybridized carbons (Fsp3) is 0.231. The molecule has 0 aromatic heterocycles. The highest BCUT2D eigenvalue weighted by Crippen LogP contribution is 2.35. The molecule has 7 heteroatoms. The molecule has 0 saturated carbocycles. The van der Waals surface area contributed by atoms with Crippen LogP contribution in [0.1, 0.15) is 18.1 Å². The Balaban J connectivity index is 3.23. The largest absolute Gasteiger partial charge is 0.418 e. The van der Waals surface area contributed by atoms with E-state index in [-0.39, 0.29) is 17.2 Å². The van der Waals surface area contributed by atoms with E-state index in [1.54, 1.807) is 6.92 Å². The molecule has 0 spiro atoms. The van der Waals surface area contributed by atoms with Crippen LogP contribution in [0.2, 0.25) is 0 Å². The van der Waals surface area contributed by atoms with E-state index >= 15 is 0 Å². The lowest BCUT2D eigenvalue weighted by Crippen LogP contribution is -2.11. The van der Waals surface area contributed by atoms with Gasteiger partial charge in [-0.1, -0.05) is 6.07 Å². The van der Waals surface area contributed by atoms with E-state index in [2.05, 4.69) is 5.32 Å². The van der Waals surface area contributed by atoms with Crippen molar-refractivity contribution in [2.45, 2.75) is 13.1 Å². The highest BCUT2D eigenvalue weighted by atomic mass is 19.4. The van der Waals surface area contributed by atoms with Gasteiger partial charge in [0.1, 0.15) is 0 Å². The molecule has 0 unspecified atom stereocenters. The maximum Gasteiger partial charge on any atom is 0.418 e. The molecular formula is C13H17F3N4. The zero-order valence-electron chi connectivity index (χ0n) is 11.0. The SMILES string of the molecule is CCNc1cc(/C(N)=C/C=C(N)N)ccc1C(F)(F)F. The average molecular weight is 286 g/mol. The Morgan fingerprint density at radius 1 is 1.20 bits per heavy atom. The van der Waals surface area contributed by atoms with Gasteiger partial charge >= 0.3 is 6.18 Å². The number of halogens is 3. The first kappa shape index (κ1) is 15.7. The molecule has 1 rings (SSSR count). The standard InChI is InChI=1S/C13H17F3N4/c1-2-20-11-7-8(10(17)5-6-12(18)19)3-4-9(11)13(14,15)16/h3-7,20H,2,17-19H2,1H3/b10-5-. The minimum Gasteiger partial charge on any atom is -0.398 e. The molecule has 0 atom stereocenters. The molecule has 4 nitrogen and oxygen atoms in total. The molecule has 0 bridgehead atoms. The third-order valence-electron chi connectivity index (χ3n) is 2.48. The molecule has 0 fully saturated rings. The van der Waals surface area contributed by atoms with Crippen LogP contribution in [0.4, 0.5) is 18.9 Å². The summed E-state index contributed by atoms with van der Waals surface area (Å²) in [6.45, 7) is 2.08. The van der Waals surface area contributed by atoms with Crippen LogP contribution in [0, 0.1) is 0 Å². The van der Waals surface area contributed by atoms with Crippen LogP contribution in [-0.2, 0) is 6.18 Å². The second-order valence-corrected chi connectivity index (χ2v) is 4.08. The van der Waals surface area contributed by atoms with E-state index in [1.807, 2.05) is 0 Å². The lowest BCUT2D eigenvalue weighted by Gasteiger charge is -2.15. The van der Waals surface area contributed by atoms with Crippen molar-refractivity contribution in [3.05, 3.63) is 47.3 Å². The van der Waals surface area contributed by atoms with Gasteiger partial charge in [-0.2, -0.15) is 13.2 Å². The monoisotopic (exact) mass is 286 g/mol. The van der Waals surface area contributed by atoms with Crippen molar-refractivity contribution in [2.75, 3.05) is 11.9 Å². The number of anilines is 1. The number of benzene rings is 1. The first-order chi connectivity index (χ1) is 9.25. The van der Waals surface area contributed by atoms with Crippen molar-refractivity contribution >= 4 is 11.4 Å². The topological polar surface area (TPSA) is 90.1 Å². The van der Waals surface area contributed by atoms with Gasteiger partial charge in [0.25, 0.3) is 0 Å². The zero-order valence-corrected chi connectivity index (χ0v) is 11.0. The summed E-state index contributed by atoms with van der Waals surface area (Å²) in [5.41, 5.74) is 16.2. The summed E-state index contributed by atoms with van der Waals surface area (Å²) in [7, 11) is 0. The molecule has 0 radical (unpaired) electrons. The number of nitrogens with one attached hydrogen (secondary N) is 1. The highest BCUT2D eigenvalue weighted by Gasteiger charge is 2.33. The lowest BCUT2D eigenvalue weighted by molar-refractivity contribution is -0.136. The van der Waals surface area contributed by atoms with Gasteiger partial charge in [-0.05, 0) is 36.8 Å². The van der Waals surface area contributed by atoms with Gasteiger partial charge in [-0.25, -0.2) is 0 Å².